The molecule has 7 nitrogen and oxygen atoms in total. The van der Waals surface area contributed by atoms with Crippen molar-refractivity contribution >= 4 is 51.2 Å². The molecule has 3 aromatic carbocycles. The van der Waals surface area contributed by atoms with Crippen LogP contribution in [0.4, 0.5) is 10.1 Å². The molecule has 33 heavy (non-hydrogen) atoms. The summed E-state index contributed by atoms with van der Waals surface area (Å²) in [4.78, 5) is 23.9. The van der Waals surface area contributed by atoms with E-state index in [-0.39, 0.29) is 17.2 Å². The molecular formula is C23H18BrClFN3O4. The molecule has 0 atom stereocenters. The van der Waals surface area contributed by atoms with Gasteiger partial charge in [-0.25, -0.2) is 9.82 Å². The Bertz CT molecular complexity index is 1170. The number of nitrogens with one attached hydrogen (secondary N) is 2. The van der Waals surface area contributed by atoms with Gasteiger partial charge in [0, 0.05) is 15.7 Å². The fourth-order valence-corrected chi connectivity index (χ4v) is 3.12. The molecule has 0 aliphatic heterocycles. The smallest absolute Gasteiger partial charge is 0.329 e. The number of carbonyl (C=O) groups excluding carboxylic acids is 2. The van der Waals surface area contributed by atoms with Crippen LogP contribution >= 0.6 is 27.5 Å². The summed E-state index contributed by atoms with van der Waals surface area (Å²) in [5.41, 5.74) is 3.42. The van der Waals surface area contributed by atoms with Gasteiger partial charge in [0.2, 0.25) is 0 Å². The average molecular weight is 535 g/mol. The van der Waals surface area contributed by atoms with Crippen LogP contribution in [-0.4, -0.2) is 25.1 Å². The molecule has 2 amide bonds. The number of benzene rings is 3. The third kappa shape index (κ3) is 6.77. The standard InChI is InChI=1S/C23H18BrClFN3O4/c1-32-21-11-14(5-10-20(21)33-13-17-18(25)3-2-4-19(17)26)12-27-29-23(31)22(30)28-16-8-6-15(24)7-9-16/h2-12H,13H2,1H3,(H,28,30)(H,29,31). The van der Waals surface area contributed by atoms with E-state index in [9.17, 15) is 14.0 Å². The minimum atomic E-state index is -0.928. The minimum Gasteiger partial charge on any atom is -0.493 e. The predicted octanol–water partition coefficient (Wildman–Crippen LogP) is 4.92. The maximum absolute atomic E-state index is 13.9. The maximum atomic E-state index is 13.9. The topological polar surface area (TPSA) is 89.0 Å². The van der Waals surface area contributed by atoms with Crippen molar-refractivity contribution in [2.45, 2.75) is 6.61 Å². The van der Waals surface area contributed by atoms with E-state index in [1.807, 2.05) is 0 Å². The zero-order valence-corrected chi connectivity index (χ0v) is 19.6. The second-order valence-corrected chi connectivity index (χ2v) is 7.88. The van der Waals surface area contributed by atoms with Crippen molar-refractivity contribution in [3.05, 3.63) is 87.1 Å². The highest BCUT2D eigenvalue weighted by Crippen LogP contribution is 2.29. The van der Waals surface area contributed by atoms with Gasteiger partial charge in [0.25, 0.3) is 0 Å². The van der Waals surface area contributed by atoms with Gasteiger partial charge in [0.05, 0.1) is 18.3 Å². The molecule has 0 aromatic heterocycles. The van der Waals surface area contributed by atoms with Gasteiger partial charge in [-0.1, -0.05) is 33.6 Å². The molecule has 3 aromatic rings. The van der Waals surface area contributed by atoms with Gasteiger partial charge in [-0.05, 0) is 60.2 Å². The fraction of sp³-hybridized carbons (Fsp3) is 0.0870. The van der Waals surface area contributed by atoms with Crippen LogP contribution in [0.5, 0.6) is 11.5 Å². The Morgan fingerprint density at radius 1 is 1.09 bits per heavy atom. The Hall–Kier alpha value is -3.43. The molecule has 0 aliphatic carbocycles. The normalized spacial score (nSPS) is 10.7. The van der Waals surface area contributed by atoms with Gasteiger partial charge >= 0.3 is 11.8 Å². The van der Waals surface area contributed by atoms with Gasteiger partial charge in [-0.2, -0.15) is 5.10 Å². The van der Waals surface area contributed by atoms with Gasteiger partial charge in [0.15, 0.2) is 11.5 Å². The molecule has 0 radical (unpaired) electrons. The number of methoxy groups -OCH3 is 1. The van der Waals surface area contributed by atoms with Crippen LogP contribution in [0.3, 0.4) is 0 Å². The van der Waals surface area contributed by atoms with Crippen molar-refractivity contribution in [1.82, 2.24) is 5.43 Å². The summed E-state index contributed by atoms with van der Waals surface area (Å²) in [6.07, 6.45) is 1.34. The number of ether oxygens (including phenoxy) is 2. The van der Waals surface area contributed by atoms with Crippen LogP contribution < -0.4 is 20.2 Å². The molecule has 0 fully saturated rings. The number of carbonyl (C=O) groups is 2. The molecule has 0 saturated heterocycles. The molecule has 0 unspecified atom stereocenters. The van der Waals surface area contributed by atoms with E-state index in [0.717, 1.165) is 4.47 Å². The quantitative estimate of drug-likeness (QED) is 0.256. The first-order valence-corrected chi connectivity index (χ1v) is 10.7. The summed E-state index contributed by atoms with van der Waals surface area (Å²) in [5.74, 6) is -1.52. The number of amides is 2. The van der Waals surface area contributed by atoms with Crippen molar-refractivity contribution in [2.75, 3.05) is 12.4 Å². The van der Waals surface area contributed by atoms with Crippen LogP contribution in [0.15, 0.2) is 70.2 Å². The van der Waals surface area contributed by atoms with Gasteiger partial charge in [-0.3, -0.25) is 9.59 Å². The Kier molecular flexibility index (Phi) is 8.39. The molecule has 0 aliphatic rings. The van der Waals surface area contributed by atoms with Gasteiger partial charge in [0.1, 0.15) is 12.4 Å². The van der Waals surface area contributed by atoms with E-state index in [1.54, 1.807) is 48.5 Å². The van der Waals surface area contributed by atoms with Crippen LogP contribution in [0.1, 0.15) is 11.1 Å². The van der Waals surface area contributed by atoms with E-state index < -0.39 is 17.6 Å². The number of rotatable bonds is 7. The molecule has 170 valence electrons. The van der Waals surface area contributed by atoms with Gasteiger partial charge < -0.3 is 14.8 Å². The first-order chi connectivity index (χ1) is 15.9. The number of hydrogen-bond acceptors (Lipinski definition) is 5. The van der Waals surface area contributed by atoms with Crippen molar-refractivity contribution in [1.29, 1.82) is 0 Å². The number of nitrogens with zero attached hydrogens (tertiary/aromatic N) is 1. The SMILES string of the molecule is COc1cc(C=NNC(=O)C(=O)Nc2ccc(Br)cc2)ccc1OCc1c(F)cccc1Cl. The number of halogens is 3. The third-order valence-electron chi connectivity index (χ3n) is 4.31. The summed E-state index contributed by atoms with van der Waals surface area (Å²) >= 11 is 9.31. The second kappa shape index (κ2) is 11.4. The molecule has 0 bridgehead atoms. The van der Waals surface area contributed by atoms with Gasteiger partial charge in [-0.15, -0.1) is 0 Å². The third-order valence-corrected chi connectivity index (χ3v) is 5.19. The van der Waals surface area contributed by atoms with E-state index >= 15 is 0 Å². The van der Waals surface area contributed by atoms with Crippen molar-refractivity contribution < 1.29 is 23.5 Å². The fourth-order valence-electron chi connectivity index (χ4n) is 2.64. The molecule has 3 rings (SSSR count). The Morgan fingerprint density at radius 2 is 1.85 bits per heavy atom. The lowest BCUT2D eigenvalue weighted by atomic mass is 10.2. The van der Waals surface area contributed by atoms with E-state index in [4.69, 9.17) is 21.1 Å². The van der Waals surface area contributed by atoms with Crippen molar-refractivity contribution in [3.63, 3.8) is 0 Å². The van der Waals surface area contributed by atoms with E-state index in [2.05, 4.69) is 31.8 Å². The minimum absolute atomic E-state index is 0.0845. The summed E-state index contributed by atoms with van der Waals surface area (Å²) < 4.78 is 25.7. The highest BCUT2D eigenvalue weighted by molar-refractivity contribution is 9.10. The molecule has 0 saturated carbocycles. The van der Waals surface area contributed by atoms with Crippen molar-refractivity contribution in [3.8, 4) is 11.5 Å². The van der Waals surface area contributed by atoms with Crippen LogP contribution in [-0.2, 0) is 16.2 Å². The lowest BCUT2D eigenvalue weighted by Gasteiger charge is -2.12. The average Bonchev–Trinajstić information content (AvgIpc) is 2.80. The lowest BCUT2D eigenvalue weighted by molar-refractivity contribution is -0.136. The zero-order valence-electron chi connectivity index (χ0n) is 17.3. The molecule has 0 spiro atoms. The van der Waals surface area contributed by atoms with Crippen LogP contribution in [0.2, 0.25) is 5.02 Å². The molecule has 2 N–H and O–H groups in total. The maximum Gasteiger partial charge on any atom is 0.329 e. The molecule has 0 heterocycles. The Morgan fingerprint density at radius 3 is 2.55 bits per heavy atom. The molecular weight excluding hydrogens is 517 g/mol. The van der Waals surface area contributed by atoms with E-state index in [0.29, 0.717) is 22.7 Å². The Balaban J connectivity index is 1.59. The zero-order chi connectivity index (χ0) is 23.8. The number of hydrogen-bond donors (Lipinski definition) is 2. The predicted molar refractivity (Wildman–Crippen MR) is 127 cm³/mol. The number of anilines is 1. The highest BCUT2D eigenvalue weighted by Gasteiger charge is 2.13. The summed E-state index contributed by atoms with van der Waals surface area (Å²) in [5, 5.41) is 6.51. The lowest BCUT2D eigenvalue weighted by Crippen LogP contribution is -2.32. The van der Waals surface area contributed by atoms with E-state index in [1.165, 1.54) is 25.5 Å². The summed E-state index contributed by atoms with van der Waals surface area (Å²) in [6.45, 7) is -0.0845. The molecule has 10 heteroatoms. The first kappa shape index (κ1) is 24.2. The largest absolute Gasteiger partial charge is 0.493 e. The highest BCUT2D eigenvalue weighted by atomic mass is 79.9. The summed E-state index contributed by atoms with van der Waals surface area (Å²) in [6, 6.07) is 16.0. The van der Waals surface area contributed by atoms with Crippen LogP contribution in [0, 0.1) is 5.82 Å². The van der Waals surface area contributed by atoms with Crippen LogP contribution in [0.25, 0.3) is 0 Å². The van der Waals surface area contributed by atoms with Crippen molar-refractivity contribution in [2.24, 2.45) is 5.10 Å². The first-order valence-electron chi connectivity index (χ1n) is 9.51. The second-order valence-electron chi connectivity index (χ2n) is 6.56. The number of hydrazone groups is 1. The summed E-state index contributed by atoms with van der Waals surface area (Å²) in [7, 11) is 1.45. The monoisotopic (exact) mass is 533 g/mol. The Labute approximate surface area is 202 Å².